The molecule has 1 heterocycles. The molecule has 22 heavy (non-hydrogen) atoms. The zero-order valence-electron chi connectivity index (χ0n) is 12.7. The van der Waals surface area contributed by atoms with Gasteiger partial charge in [-0.3, -0.25) is 0 Å². The van der Waals surface area contributed by atoms with E-state index in [1.807, 2.05) is 30.3 Å². The highest BCUT2D eigenvalue weighted by Crippen LogP contribution is 2.28. The molecule has 2 aromatic carbocycles. The Morgan fingerprint density at radius 3 is 2.09 bits per heavy atom. The number of hydrogen-bond acceptors (Lipinski definition) is 1. The second-order valence-electron chi connectivity index (χ2n) is 6.10. The van der Waals surface area contributed by atoms with Crippen molar-refractivity contribution < 1.29 is 10.0 Å². The Morgan fingerprint density at radius 2 is 1.45 bits per heavy atom. The summed E-state index contributed by atoms with van der Waals surface area (Å²) < 4.78 is 1.05. The first-order valence-electron chi connectivity index (χ1n) is 8.09. The van der Waals surface area contributed by atoms with Crippen molar-refractivity contribution in [1.82, 2.24) is 0 Å². The summed E-state index contributed by atoms with van der Waals surface area (Å²) in [5, 5.41) is 11.0. The number of halogens is 1. The third kappa shape index (κ3) is 3.60. The minimum absolute atomic E-state index is 0.114. The summed E-state index contributed by atoms with van der Waals surface area (Å²) >= 11 is 3.47. The van der Waals surface area contributed by atoms with Crippen molar-refractivity contribution in [2.24, 2.45) is 0 Å². The fourth-order valence-corrected chi connectivity index (χ4v) is 3.74. The van der Waals surface area contributed by atoms with E-state index in [1.54, 1.807) is 0 Å². The highest BCUT2D eigenvalue weighted by atomic mass is 79.9. The molecule has 0 saturated carbocycles. The molecule has 0 amide bonds. The van der Waals surface area contributed by atoms with Gasteiger partial charge in [0.1, 0.15) is 12.1 Å². The van der Waals surface area contributed by atoms with Gasteiger partial charge in [0.15, 0.2) is 0 Å². The van der Waals surface area contributed by atoms with Gasteiger partial charge in [-0.2, -0.15) is 0 Å². The van der Waals surface area contributed by atoms with E-state index in [-0.39, 0.29) is 6.04 Å². The Hall–Kier alpha value is -1.16. The molecule has 1 aliphatic rings. The zero-order valence-corrected chi connectivity index (χ0v) is 14.3. The van der Waals surface area contributed by atoms with Crippen molar-refractivity contribution in [3.63, 3.8) is 0 Å². The van der Waals surface area contributed by atoms with Gasteiger partial charge in [-0.15, -0.1) is 0 Å². The predicted octanol–water partition coefficient (Wildman–Crippen LogP) is 3.29. The molecule has 2 aromatic rings. The number of likely N-dealkylation sites (tertiary alicyclic amines) is 1. The van der Waals surface area contributed by atoms with Crippen LogP contribution >= 0.6 is 15.9 Å². The summed E-state index contributed by atoms with van der Waals surface area (Å²) in [6.07, 6.45) is 3.36. The standard InChI is InChI=1S/C19H22BrNO/c20-17-11-9-16(10-12-17)19(22)18(15-7-3-1-4-8-15)21-13-5-2-6-14-21/h1,3-4,7-12,18-19,22H,2,5-6,13-14H2/p+1/t18-,19+/m0/s1. The average molecular weight is 361 g/mol. The average Bonchev–Trinajstić information content (AvgIpc) is 2.57. The van der Waals surface area contributed by atoms with Crippen LogP contribution in [-0.4, -0.2) is 18.2 Å². The highest BCUT2D eigenvalue weighted by Gasteiger charge is 2.33. The molecule has 0 bridgehead atoms. The van der Waals surface area contributed by atoms with Crippen LogP contribution in [0.4, 0.5) is 0 Å². The fourth-order valence-electron chi connectivity index (χ4n) is 3.47. The smallest absolute Gasteiger partial charge is 0.144 e. The number of rotatable bonds is 4. The molecule has 3 rings (SSSR count). The van der Waals surface area contributed by atoms with Gasteiger partial charge in [-0.05, 0) is 37.0 Å². The molecular formula is C19H23BrNO+. The Labute approximate surface area is 140 Å². The quantitative estimate of drug-likeness (QED) is 0.858. The van der Waals surface area contributed by atoms with Gasteiger partial charge < -0.3 is 10.0 Å². The van der Waals surface area contributed by atoms with Crippen LogP contribution in [0.1, 0.15) is 42.5 Å². The van der Waals surface area contributed by atoms with E-state index in [1.165, 1.54) is 29.7 Å². The van der Waals surface area contributed by atoms with Crippen molar-refractivity contribution in [2.75, 3.05) is 13.1 Å². The first-order chi connectivity index (χ1) is 10.8. The third-order valence-corrected chi connectivity index (χ3v) is 5.15. The van der Waals surface area contributed by atoms with Crippen LogP contribution in [0.2, 0.25) is 0 Å². The van der Waals surface area contributed by atoms with Gasteiger partial charge in [0, 0.05) is 10.0 Å². The summed E-state index contributed by atoms with van der Waals surface area (Å²) in [6, 6.07) is 18.6. The van der Waals surface area contributed by atoms with Crippen molar-refractivity contribution in [1.29, 1.82) is 0 Å². The topological polar surface area (TPSA) is 24.7 Å². The van der Waals surface area contributed by atoms with E-state index < -0.39 is 6.10 Å². The lowest BCUT2D eigenvalue weighted by atomic mass is 9.93. The Balaban J connectivity index is 1.91. The number of hydrogen-bond donors (Lipinski definition) is 2. The largest absolute Gasteiger partial charge is 0.382 e. The highest BCUT2D eigenvalue weighted by molar-refractivity contribution is 9.10. The van der Waals surface area contributed by atoms with E-state index >= 15 is 0 Å². The number of nitrogens with one attached hydrogen (secondary N) is 1. The molecule has 3 heteroatoms. The second kappa shape index (κ2) is 7.40. The molecule has 1 fully saturated rings. The normalized spacial score (nSPS) is 18.8. The number of aliphatic hydroxyl groups excluding tert-OH is 1. The summed E-state index contributed by atoms with van der Waals surface area (Å²) in [4.78, 5) is 1.51. The van der Waals surface area contributed by atoms with E-state index in [9.17, 15) is 5.11 Å². The molecule has 0 aromatic heterocycles. The summed E-state index contributed by atoms with van der Waals surface area (Å²) in [5.41, 5.74) is 2.23. The van der Waals surface area contributed by atoms with Crippen LogP contribution in [0.25, 0.3) is 0 Å². The van der Waals surface area contributed by atoms with Gasteiger partial charge in [0.2, 0.25) is 0 Å². The Bertz CT molecular complexity index is 578. The SMILES string of the molecule is O[C@H](c1ccc(Br)cc1)[C@H](c1ccccc1)[NH+]1CCCCC1. The lowest BCUT2D eigenvalue weighted by molar-refractivity contribution is -0.941. The lowest BCUT2D eigenvalue weighted by Crippen LogP contribution is -3.13. The molecule has 1 saturated heterocycles. The molecule has 116 valence electrons. The molecule has 2 nitrogen and oxygen atoms in total. The molecule has 2 N–H and O–H groups in total. The van der Waals surface area contributed by atoms with Crippen molar-refractivity contribution >= 4 is 15.9 Å². The van der Waals surface area contributed by atoms with Gasteiger partial charge in [-0.25, -0.2) is 0 Å². The minimum Gasteiger partial charge on any atom is -0.382 e. The summed E-state index contributed by atoms with van der Waals surface area (Å²) in [7, 11) is 0. The number of benzene rings is 2. The maximum atomic E-state index is 11.0. The Morgan fingerprint density at radius 1 is 0.818 bits per heavy atom. The molecule has 0 unspecified atom stereocenters. The summed E-state index contributed by atoms with van der Waals surface area (Å²) in [6.45, 7) is 2.29. The summed E-state index contributed by atoms with van der Waals surface area (Å²) in [5.74, 6) is 0. The minimum atomic E-state index is -0.469. The maximum Gasteiger partial charge on any atom is 0.144 e. The number of aliphatic hydroxyl groups is 1. The van der Waals surface area contributed by atoms with E-state index in [0.29, 0.717) is 0 Å². The molecular weight excluding hydrogens is 338 g/mol. The van der Waals surface area contributed by atoms with Crippen LogP contribution < -0.4 is 4.90 Å². The molecule has 2 atom stereocenters. The van der Waals surface area contributed by atoms with Crippen molar-refractivity contribution in [3.05, 3.63) is 70.2 Å². The van der Waals surface area contributed by atoms with Gasteiger partial charge in [-0.1, -0.05) is 58.4 Å². The van der Waals surface area contributed by atoms with Crippen LogP contribution in [0.5, 0.6) is 0 Å². The molecule has 0 spiro atoms. The van der Waals surface area contributed by atoms with E-state index in [4.69, 9.17) is 0 Å². The van der Waals surface area contributed by atoms with Crippen molar-refractivity contribution in [3.8, 4) is 0 Å². The number of piperidine rings is 1. The zero-order chi connectivity index (χ0) is 15.4. The monoisotopic (exact) mass is 360 g/mol. The van der Waals surface area contributed by atoms with Crippen LogP contribution in [0, 0.1) is 0 Å². The molecule has 0 radical (unpaired) electrons. The van der Waals surface area contributed by atoms with E-state index in [0.717, 1.165) is 23.1 Å². The molecule has 0 aliphatic carbocycles. The van der Waals surface area contributed by atoms with Crippen LogP contribution in [-0.2, 0) is 0 Å². The Kier molecular flexibility index (Phi) is 5.29. The van der Waals surface area contributed by atoms with Gasteiger partial charge in [0.25, 0.3) is 0 Å². The fraction of sp³-hybridized carbons (Fsp3) is 0.368. The number of quaternary nitrogens is 1. The molecule has 1 aliphatic heterocycles. The third-order valence-electron chi connectivity index (χ3n) is 4.62. The van der Waals surface area contributed by atoms with Gasteiger partial charge >= 0.3 is 0 Å². The van der Waals surface area contributed by atoms with Crippen LogP contribution in [0.15, 0.2) is 59.1 Å². The van der Waals surface area contributed by atoms with Crippen LogP contribution in [0.3, 0.4) is 0 Å². The lowest BCUT2D eigenvalue weighted by Gasteiger charge is -2.34. The van der Waals surface area contributed by atoms with Crippen molar-refractivity contribution in [2.45, 2.75) is 31.4 Å². The first kappa shape index (κ1) is 15.7. The predicted molar refractivity (Wildman–Crippen MR) is 92.8 cm³/mol. The van der Waals surface area contributed by atoms with E-state index in [2.05, 4.69) is 40.2 Å². The second-order valence-corrected chi connectivity index (χ2v) is 7.02. The maximum absolute atomic E-state index is 11.0. The van der Waals surface area contributed by atoms with Gasteiger partial charge in [0.05, 0.1) is 13.1 Å². The first-order valence-corrected chi connectivity index (χ1v) is 8.88.